The largest absolute Gasteiger partial charge is 0.444 e. The van der Waals surface area contributed by atoms with Crippen LogP contribution in [0, 0.1) is 5.92 Å². The highest BCUT2D eigenvalue weighted by molar-refractivity contribution is 5.70. The van der Waals surface area contributed by atoms with Gasteiger partial charge >= 0.3 is 6.09 Å². The van der Waals surface area contributed by atoms with Gasteiger partial charge in [0, 0.05) is 19.1 Å². The lowest BCUT2D eigenvalue weighted by Gasteiger charge is -2.48. The van der Waals surface area contributed by atoms with E-state index in [1.807, 2.05) is 20.8 Å². The molecular weight excluding hydrogens is 252 g/mol. The highest BCUT2D eigenvalue weighted by Crippen LogP contribution is 2.47. The Morgan fingerprint density at radius 1 is 1.25 bits per heavy atom. The molecule has 4 heteroatoms. The Hall–Kier alpha value is -0.770. The molecule has 3 rings (SSSR count). The molecule has 1 N–H and O–H groups in total. The summed E-state index contributed by atoms with van der Waals surface area (Å²) in [6.07, 6.45) is 7.37. The van der Waals surface area contributed by atoms with E-state index in [1.165, 1.54) is 25.7 Å². The van der Waals surface area contributed by atoms with Crippen molar-refractivity contribution in [3.05, 3.63) is 0 Å². The van der Waals surface area contributed by atoms with E-state index in [9.17, 15) is 4.79 Å². The molecule has 3 aliphatic rings. The molecule has 0 radical (unpaired) electrons. The summed E-state index contributed by atoms with van der Waals surface area (Å²) < 4.78 is 5.70. The Morgan fingerprint density at radius 3 is 2.60 bits per heavy atom. The van der Waals surface area contributed by atoms with Crippen molar-refractivity contribution >= 4 is 6.09 Å². The van der Waals surface area contributed by atoms with Crippen LogP contribution in [0.2, 0.25) is 0 Å². The third-order valence-electron chi connectivity index (χ3n) is 5.27. The fourth-order valence-electron chi connectivity index (χ4n) is 4.50. The summed E-state index contributed by atoms with van der Waals surface area (Å²) >= 11 is 0. The third-order valence-corrected chi connectivity index (χ3v) is 5.27. The number of amides is 1. The number of carbonyl (C=O) groups is 1. The van der Waals surface area contributed by atoms with Crippen molar-refractivity contribution in [1.82, 2.24) is 10.2 Å². The minimum atomic E-state index is -0.404. The molecule has 1 saturated carbocycles. The summed E-state index contributed by atoms with van der Waals surface area (Å²) in [4.78, 5) is 14.8. The molecule has 1 aliphatic carbocycles. The Morgan fingerprint density at radius 2 is 1.95 bits per heavy atom. The molecule has 2 aliphatic heterocycles. The minimum Gasteiger partial charge on any atom is -0.444 e. The molecule has 1 amide bonds. The number of piperazine rings is 1. The molecule has 0 aromatic heterocycles. The zero-order valence-electron chi connectivity index (χ0n) is 13.1. The maximum atomic E-state index is 12.7. The average Bonchev–Trinajstić information content (AvgIpc) is 2.93. The van der Waals surface area contributed by atoms with Crippen LogP contribution in [0.1, 0.15) is 59.3 Å². The predicted molar refractivity (Wildman–Crippen MR) is 78.7 cm³/mol. The molecule has 2 heterocycles. The quantitative estimate of drug-likeness (QED) is 0.803. The molecule has 20 heavy (non-hydrogen) atoms. The Bertz CT molecular complexity index is 380. The van der Waals surface area contributed by atoms with Crippen LogP contribution < -0.4 is 5.32 Å². The lowest BCUT2D eigenvalue weighted by atomic mass is 9.80. The summed E-state index contributed by atoms with van der Waals surface area (Å²) in [5, 5.41) is 3.56. The van der Waals surface area contributed by atoms with Crippen molar-refractivity contribution in [3.63, 3.8) is 0 Å². The van der Waals surface area contributed by atoms with E-state index >= 15 is 0 Å². The monoisotopic (exact) mass is 280 g/mol. The highest BCUT2D eigenvalue weighted by Gasteiger charge is 2.56. The maximum Gasteiger partial charge on any atom is 0.411 e. The van der Waals surface area contributed by atoms with E-state index in [0.29, 0.717) is 12.0 Å². The molecular formula is C16H28N2O2. The summed E-state index contributed by atoms with van der Waals surface area (Å²) in [6, 6.07) is 0.333. The molecule has 0 unspecified atom stereocenters. The van der Waals surface area contributed by atoms with Gasteiger partial charge in [0.2, 0.25) is 0 Å². The van der Waals surface area contributed by atoms with E-state index in [1.54, 1.807) is 0 Å². The van der Waals surface area contributed by atoms with Gasteiger partial charge in [0.1, 0.15) is 5.60 Å². The molecule has 0 aromatic rings. The van der Waals surface area contributed by atoms with Crippen molar-refractivity contribution in [1.29, 1.82) is 0 Å². The first kappa shape index (κ1) is 14.2. The lowest BCUT2D eigenvalue weighted by Crippen LogP contribution is -2.65. The second-order valence-corrected chi connectivity index (χ2v) is 7.76. The van der Waals surface area contributed by atoms with Gasteiger partial charge in [0.25, 0.3) is 0 Å². The van der Waals surface area contributed by atoms with Gasteiger partial charge in [-0.2, -0.15) is 0 Å². The van der Waals surface area contributed by atoms with Crippen LogP contribution in [-0.2, 0) is 4.74 Å². The lowest BCUT2D eigenvalue weighted by molar-refractivity contribution is -0.0253. The topological polar surface area (TPSA) is 41.6 Å². The Balaban J connectivity index is 1.84. The number of fused-ring (bicyclic) bond motifs is 2. The van der Waals surface area contributed by atoms with E-state index in [2.05, 4.69) is 10.2 Å². The molecule has 3 fully saturated rings. The first-order chi connectivity index (χ1) is 9.42. The average molecular weight is 280 g/mol. The van der Waals surface area contributed by atoms with Gasteiger partial charge in [0.05, 0.1) is 5.54 Å². The summed E-state index contributed by atoms with van der Waals surface area (Å²) in [7, 11) is 0. The molecule has 4 nitrogen and oxygen atoms in total. The normalized spacial score (nSPS) is 34.5. The van der Waals surface area contributed by atoms with Gasteiger partial charge in [-0.3, -0.25) is 4.90 Å². The maximum absolute atomic E-state index is 12.7. The number of nitrogens with one attached hydrogen (secondary N) is 1. The molecule has 2 saturated heterocycles. The fourth-order valence-corrected chi connectivity index (χ4v) is 4.50. The number of ether oxygens (including phenoxy) is 1. The van der Waals surface area contributed by atoms with Crippen molar-refractivity contribution in [2.24, 2.45) is 5.92 Å². The molecule has 2 bridgehead atoms. The van der Waals surface area contributed by atoms with Crippen LogP contribution in [0.5, 0.6) is 0 Å². The zero-order valence-corrected chi connectivity index (χ0v) is 13.1. The number of nitrogens with zero attached hydrogens (tertiary/aromatic N) is 1. The first-order valence-electron chi connectivity index (χ1n) is 8.15. The first-order valence-corrected chi connectivity index (χ1v) is 8.15. The van der Waals surface area contributed by atoms with E-state index in [4.69, 9.17) is 4.74 Å². The van der Waals surface area contributed by atoms with Crippen molar-refractivity contribution < 1.29 is 9.53 Å². The van der Waals surface area contributed by atoms with Gasteiger partial charge in [0.15, 0.2) is 0 Å². The Kier molecular flexibility index (Phi) is 3.47. The SMILES string of the molecule is CC(C)(C)OC(=O)N1[C@H]2CC[C@]1(C1CCCC1)CNC2. The summed E-state index contributed by atoms with van der Waals surface area (Å²) in [6.45, 7) is 7.74. The second-order valence-electron chi connectivity index (χ2n) is 7.76. The number of carbonyl (C=O) groups excluding carboxylic acids is 1. The van der Waals surface area contributed by atoms with E-state index < -0.39 is 5.60 Å². The standard InChI is InChI=1S/C16H28N2O2/c1-15(2,3)20-14(19)18-13-8-9-16(18,11-17-10-13)12-6-4-5-7-12/h12-13,17H,4-11H2,1-3H3/t13-,16+/m0/s1. The second kappa shape index (κ2) is 4.90. The predicted octanol–water partition coefficient (Wildman–Crippen LogP) is 2.92. The van der Waals surface area contributed by atoms with Crippen LogP contribution in [0.3, 0.4) is 0 Å². The van der Waals surface area contributed by atoms with Crippen LogP contribution in [0.4, 0.5) is 4.79 Å². The van der Waals surface area contributed by atoms with E-state index in [0.717, 1.165) is 25.9 Å². The Labute approximate surface area is 122 Å². The van der Waals surface area contributed by atoms with Gasteiger partial charge in [-0.25, -0.2) is 4.79 Å². The molecule has 2 atom stereocenters. The third kappa shape index (κ3) is 2.32. The number of hydrogen-bond acceptors (Lipinski definition) is 3. The summed E-state index contributed by atoms with van der Waals surface area (Å²) in [5.41, 5.74) is -0.375. The number of hydrogen-bond donors (Lipinski definition) is 1. The summed E-state index contributed by atoms with van der Waals surface area (Å²) in [5.74, 6) is 0.660. The van der Waals surface area contributed by atoms with Crippen molar-refractivity contribution in [3.8, 4) is 0 Å². The van der Waals surface area contributed by atoms with E-state index in [-0.39, 0.29) is 11.6 Å². The minimum absolute atomic E-state index is 0.0295. The van der Waals surface area contributed by atoms with Crippen LogP contribution in [0.15, 0.2) is 0 Å². The molecule has 0 aromatic carbocycles. The zero-order chi connectivity index (χ0) is 14.4. The van der Waals surface area contributed by atoms with Crippen LogP contribution in [-0.4, -0.2) is 41.3 Å². The smallest absolute Gasteiger partial charge is 0.411 e. The van der Waals surface area contributed by atoms with Gasteiger partial charge in [-0.05, 0) is 52.4 Å². The fraction of sp³-hybridized carbons (Fsp3) is 0.938. The molecule has 0 spiro atoms. The van der Waals surface area contributed by atoms with Crippen LogP contribution in [0.25, 0.3) is 0 Å². The number of rotatable bonds is 1. The molecule has 114 valence electrons. The van der Waals surface area contributed by atoms with Crippen LogP contribution >= 0.6 is 0 Å². The van der Waals surface area contributed by atoms with Gasteiger partial charge in [-0.15, -0.1) is 0 Å². The van der Waals surface area contributed by atoms with Crippen molar-refractivity contribution in [2.75, 3.05) is 13.1 Å². The van der Waals surface area contributed by atoms with Gasteiger partial charge < -0.3 is 10.1 Å². The highest BCUT2D eigenvalue weighted by atomic mass is 16.6. The van der Waals surface area contributed by atoms with Gasteiger partial charge in [-0.1, -0.05) is 12.8 Å². The van der Waals surface area contributed by atoms with Crippen molar-refractivity contribution in [2.45, 2.75) is 76.5 Å².